The number of hydrogen-bond acceptors (Lipinski definition) is 3. The number of carboxylic acids is 1. The van der Waals surface area contributed by atoms with E-state index < -0.39 is 5.97 Å². The number of ether oxygens (including phenoxy) is 1. The number of urea groups is 1. The Kier molecular flexibility index (Phi) is 4.45. The van der Waals surface area contributed by atoms with Crippen molar-refractivity contribution in [3.05, 3.63) is 24.3 Å². The number of hydrogen-bond donors (Lipinski definition) is 2. The molecule has 20 heavy (non-hydrogen) atoms. The van der Waals surface area contributed by atoms with Crippen LogP contribution in [0, 0.1) is 0 Å². The third kappa shape index (κ3) is 3.40. The summed E-state index contributed by atoms with van der Waals surface area (Å²) in [4.78, 5) is 24.6. The number of amides is 2. The molecule has 1 heterocycles. The van der Waals surface area contributed by atoms with Crippen molar-refractivity contribution in [1.82, 2.24) is 4.90 Å². The molecule has 2 rings (SSSR count). The van der Waals surface area contributed by atoms with Gasteiger partial charge >= 0.3 is 12.0 Å². The maximum absolute atomic E-state index is 12.2. The van der Waals surface area contributed by atoms with Crippen molar-refractivity contribution in [3.63, 3.8) is 0 Å². The number of rotatable bonds is 4. The first-order valence-electron chi connectivity index (χ1n) is 6.53. The summed E-state index contributed by atoms with van der Waals surface area (Å²) in [6, 6.07) is 6.58. The molecule has 1 unspecified atom stereocenters. The second-order valence-corrected chi connectivity index (χ2v) is 4.75. The molecule has 0 spiro atoms. The molecule has 6 heteroatoms. The highest BCUT2D eigenvalue weighted by molar-refractivity contribution is 5.90. The Morgan fingerprint density at radius 1 is 1.50 bits per heavy atom. The van der Waals surface area contributed by atoms with Gasteiger partial charge in [-0.3, -0.25) is 4.79 Å². The van der Waals surface area contributed by atoms with Crippen LogP contribution in [0.5, 0.6) is 5.75 Å². The summed E-state index contributed by atoms with van der Waals surface area (Å²) >= 11 is 0. The summed E-state index contributed by atoms with van der Waals surface area (Å²) in [5.74, 6) is -0.220. The Labute approximate surface area is 117 Å². The van der Waals surface area contributed by atoms with Crippen molar-refractivity contribution in [3.8, 4) is 5.75 Å². The van der Waals surface area contributed by atoms with E-state index in [1.165, 1.54) is 0 Å². The molecule has 2 amide bonds. The van der Waals surface area contributed by atoms with E-state index in [1.807, 2.05) is 0 Å². The predicted molar refractivity (Wildman–Crippen MR) is 74.0 cm³/mol. The van der Waals surface area contributed by atoms with Gasteiger partial charge in [0.2, 0.25) is 0 Å². The van der Waals surface area contributed by atoms with E-state index in [0.717, 1.165) is 12.8 Å². The summed E-state index contributed by atoms with van der Waals surface area (Å²) in [6.45, 7) is 0.591. The number of methoxy groups -OCH3 is 1. The number of benzene rings is 1. The number of carboxylic acid groups (broad SMARTS) is 1. The summed E-state index contributed by atoms with van der Waals surface area (Å²) in [5.41, 5.74) is 0.635. The number of carbonyl (C=O) groups is 2. The zero-order valence-electron chi connectivity index (χ0n) is 11.3. The van der Waals surface area contributed by atoms with Crippen LogP contribution in [0.1, 0.15) is 19.3 Å². The molecule has 0 bridgehead atoms. The summed E-state index contributed by atoms with van der Waals surface area (Å²) in [6.07, 6.45) is 1.56. The second-order valence-electron chi connectivity index (χ2n) is 4.75. The minimum Gasteiger partial charge on any atom is -0.497 e. The predicted octanol–water partition coefficient (Wildman–Crippen LogP) is 2.17. The van der Waals surface area contributed by atoms with Gasteiger partial charge in [0, 0.05) is 24.3 Å². The molecule has 0 saturated carbocycles. The van der Waals surface area contributed by atoms with Gasteiger partial charge in [-0.25, -0.2) is 4.79 Å². The topological polar surface area (TPSA) is 78.9 Å². The molecular weight excluding hydrogens is 260 g/mol. The first-order chi connectivity index (χ1) is 9.60. The lowest BCUT2D eigenvalue weighted by Crippen LogP contribution is -2.39. The number of nitrogens with one attached hydrogen (secondary N) is 1. The minimum absolute atomic E-state index is 0.00840. The lowest BCUT2D eigenvalue weighted by Gasteiger charge is -2.23. The van der Waals surface area contributed by atoms with E-state index in [0.29, 0.717) is 18.0 Å². The van der Waals surface area contributed by atoms with Gasteiger partial charge in [-0.1, -0.05) is 6.07 Å². The molecule has 1 aromatic carbocycles. The number of aliphatic carboxylic acids is 1. The Bertz CT molecular complexity index is 504. The zero-order chi connectivity index (χ0) is 14.5. The van der Waals surface area contributed by atoms with Crippen LogP contribution < -0.4 is 10.1 Å². The number of likely N-dealkylation sites (tertiary alicyclic amines) is 1. The number of nitrogens with zero attached hydrogens (tertiary/aromatic N) is 1. The van der Waals surface area contributed by atoms with E-state index in [2.05, 4.69) is 5.32 Å². The van der Waals surface area contributed by atoms with Crippen molar-refractivity contribution in [2.45, 2.75) is 25.3 Å². The standard InChI is InChI=1S/C14H18N2O4/c1-20-12-6-2-4-10(8-12)15-14(19)16-7-3-5-11(16)9-13(17)18/h2,4,6,8,11H,3,5,7,9H2,1H3,(H,15,19)(H,17,18). The van der Waals surface area contributed by atoms with Gasteiger partial charge < -0.3 is 20.1 Å². The van der Waals surface area contributed by atoms with Gasteiger partial charge in [0.25, 0.3) is 0 Å². The Morgan fingerprint density at radius 3 is 3.00 bits per heavy atom. The summed E-state index contributed by atoms with van der Waals surface area (Å²) < 4.78 is 5.09. The van der Waals surface area contributed by atoms with E-state index in [4.69, 9.17) is 9.84 Å². The second kappa shape index (κ2) is 6.27. The molecule has 1 aliphatic rings. The van der Waals surface area contributed by atoms with Crippen molar-refractivity contribution in [2.24, 2.45) is 0 Å². The molecule has 108 valence electrons. The van der Waals surface area contributed by atoms with Crippen LogP contribution in [0.3, 0.4) is 0 Å². The van der Waals surface area contributed by atoms with Crippen LogP contribution in [-0.4, -0.2) is 41.7 Å². The van der Waals surface area contributed by atoms with Gasteiger partial charge in [0.1, 0.15) is 5.75 Å². The smallest absolute Gasteiger partial charge is 0.322 e. The molecule has 0 aliphatic carbocycles. The van der Waals surface area contributed by atoms with Gasteiger partial charge in [0.05, 0.1) is 13.5 Å². The third-order valence-corrected chi connectivity index (χ3v) is 3.37. The molecule has 1 aromatic rings. The monoisotopic (exact) mass is 278 g/mol. The highest BCUT2D eigenvalue weighted by atomic mass is 16.5. The van der Waals surface area contributed by atoms with E-state index in [-0.39, 0.29) is 18.5 Å². The first-order valence-corrected chi connectivity index (χ1v) is 6.53. The molecule has 6 nitrogen and oxygen atoms in total. The fourth-order valence-electron chi connectivity index (χ4n) is 2.41. The van der Waals surface area contributed by atoms with Crippen molar-refractivity contribution in [2.75, 3.05) is 19.0 Å². The van der Waals surface area contributed by atoms with Gasteiger partial charge in [0.15, 0.2) is 0 Å². The van der Waals surface area contributed by atoms with Crippen LogP contribution in [0.4, 0.5) is 10.5 Å². The molecular formula is C14H18N2O4. The average Bonchev–Trinajstić information content (AvgIpc) is 2.86. The lowest BCUT2D eigenvalue weighted by atomic mass is 10.1. The fraction of sp³-hybridized carbons (Fsp3) is 0.429. The van der Waals surface area contributed by atoms with E-state index in [9.17, 15) is 9.59 Å². The van der Waals surface area contributed by atoms with Crippen LogP contribution >= 0.6 is 0 Å². The van der Waals surface area contributed by atoms with Crippen molar-refractivity contribution in [1.29, 1.82) is 0 Å². The molecule has 0 aromatic heterocycles. The largest absolute Gasteiger partial charge is 0.497 e. The third-order valence-electron chi connectivity index (χ3n) is 3.37. The fourth-order valence-corrected chi connectivity index (χ4v) is 2.41. The summed E-state index contributed by atoms with van der Waals surface area (Å²) in [5, 5.41) is 11.6. The van der Waals surface area contributed by atoms with Gasteiger partial charge in [-0.15, -0.1) is 0 Å². The normalized spacial score (nSPS) is 17.9. The van der Waals surface area contributed by atoms with Crippen LogP contribution in [0.25, 0.3) is 0 Å². The Morgan fingerprint density at radius 2 is 2.30 bits per heavy atom. The van der Waals surface area contributed by atoms with E-state index >= 15 is 0 Å². The maximum atomic E-state index is 12.2. The molecule has 1 saturated heterocycles. The Hall–Kier alpha value is -2.24. The lowest BCUT2D eigenvalue weighted by molar-refractivity contribution is -0.137. The SMILES string of the molecule is COc1cccc(NC(=O)N2CCCC2CC(=O)O)c1. The highest BCUT2D eigenvalue weighted by Gasteiger charge is 2.30. The molecule has 1 atom stereocenters. The molecule has 2 N–H and O–H groups in total. The summed E-state index contributed by atoms with van der Waals surface area (Å²) in [7, 11) is 1.56. The molecule has 1 aliphatic heterocycles. The van der Waals surface area contributed by atoms with E-state index in [1.54, 1.807) is 36.3 Å². The van der Waals surface area contributed by atoms with Crippen molar-refractivity contribution < 1.29 is 19.4 Å². The molecule has 1 fully saturated rings. The van der Waals surface area contributed by atoms with Gasteiger partial charge in [-0.05, 0) is 25.0 Å². The maximum Gasteiger partial charge on any atom is 0.322 e. The average molecular weight is 278 g/mol. The zero-order valence-corrected chi connectivity index (χ0v) is 11.3. The van der Waals surface area contributed by atoms with Crippen molar-refractivity contribution >= 4 is 17.7 Å². The van der Waals surface area contributed by atoms with Crippen LogP contribution in [-0.2, 0) is 4.79 Å². The number of carbonyl (C=O) groups excluding carboxylic acids is 1. The Balaban J connectivity index is 2.01. The highest BCUT2D eigenvalue weighted by Crippen LogP contribution is 2.22. The first kappa shape index (κ1) is 14.2. The van der Waals surface area contributed by atoms with Crippen LogP contribution in [0.2, 0.25) is 0 Å². The number of anilines is 1. The molecule has 0 radical (unpaired) electrons. The van der Waals surface area contributed by atoms with Gasteiger partial charge in [-0.2, -0.15) is 0 Å². The minimum atomic E-state index is -0.879. The van der Waals surface area contributed by atoms with Crippen LogP contribution in [0.15, 0.2) is 24.3 Å². The quantitative estimate of drug-likeness (QED) is 0.884.